The van der Waals surface area contributed by atoms with Gasteiger partial charge in [0.2, 0.25) is 23.6 Å². The van der Waals surface area contributed by atoms with Crippen molar-refractivity contribution in [1.29, 1.82) is 0 Å². The normalized spacial score (nSPS) is 27.2. The second-order valence-electron chi connectivity index (χ2n) is 11.1. The van der Waals surface area contributed by atoms with E-state index in [1.165, 1.54) is 0 Å². The van der Waals surface area contributed by atoms with Crippen molar-refractivity contribution in [2.24, 2.45) is 22.8 Å². The van der Waals surface area contributed by atoms with Crippen LogP contribution in [0.2, 0.25) is 0 Å². The van der Waals surface area contributed by atoms with Crippen LogP contribution < -0.4 is 22.1 Å². The van der Waals surface area contributed by atoms with Gasteiger partial charge in [0.25, 0.3) is 0 Å². The number of amides is 4. The SMILES string of the molecule is NC(=O)CC[C@H](N)C(=O)N1CC[C@H]2NC(=O)[C@H](Cc3ccccc3)NC(=O)C3(C/C=C/C[C@@H]2C1)CCOCC3. The molecule has 10 heteroatoms. The van der Waals surface area contributed by atoms with Gasteiger partial charge in [-0.25, -0.2) is 0 Å². The molecule has 10 nitrogen and oxygen atoms in total. The quantitative estimate of drug-likeness (QED) is 0.392. The minimum atomic E-state index is -0.788. The van der Waals surface area contributed by atoms with Gasteiger partial charge in [-0.3, -0.25) is 19.2 Å². The molecule has 0 aromatic heterocycles. The molecule has 0 unspecified atom stereocenters. The standard InChI is InChI=1S/C29H41N5O5/c30-22(9-10-25(31)35)27(37)34-15-11-23-21(19-34)8-4-5-12-29(13-16-39-17-14-29)28(38)33-24(26(36)32-23)18-20-6-2-1-3-7-20/h1-7,21-24H,8-19,30H2,(H2,31,35)(H,32,36)(H,33,38)/b5-4+/t21-,22+,23-,24+/m1/s1. The molecule has 1 aromatic carbocycles. The Balaban J connectivity index is 1.54. The lowest BCUT2D eigenvalue weighted by Gasteiger charge is -2.41. The second kappa shape index (κ2) is 13.2. The van der Waals surface area contributed by atoms with E-state index in [4.69, 9.17) is 16.2 Å². The van der Waals surface area contributed by atoms with Crippen LogP contribution in [0.3, 0.4) is 0 Å². The highest BCUT2D eigenvalue weighted by Gasteiger charge is 2.42. The van der Waals surface area contributed by atoms with Crippen molar-refractivity contribution in [1.82, 2.24) is 15.5 Å². The Morgan fingerprint density at radius 3 is 2.56 bits per heavy atom. The summed E-state index contributed by atoms with van der Waals surface area (Å²) in [6, 6.07) is 8.02. The van der Waals surface area contributed by atoms with E-state index in [0.717, 1.165) is 5.56 Å². The molecule has 3 aliphatic rings. The molecule has 0 radical (unpaired) electrons. The maximum Gasteiger partial charge on any atom is 0.243 e. The monoisotopic (exact) mass is 539 g/mol. The van der Waals surface area contributed by atoms with Gasteiger partial charge in [-0.2, -0.15) is 0 Å². The zero-order valence-corrected chi connectivity index (χ0v) is 22.5. The number of carbonyl (C=O) groups is 4. The van der Waals surface area contributed by atoms with Gasteiger partial charge in [0.1, 0.15) is 6.04 Å². The molecule has 3 heterocycles. The Labute approximate surface area is 229 Å². The van der Waals surface area contributed by atoms with E-state index >= 15 is 0 Å². The van der Waals surface area contributed by atoms with Gasteiger partial charge < -0.3 is 31.7 Å². The first-order chi connectivity index (χ1) is 18.8. The summed E-state index contributed by atoms with van der Waals surface area (Å²) in [5.41, 5.74) is 11.6. The highest BCUT2D eigenvalue weighted by molar-refractivity contribution is 5.90. The first-order valence-electron chi connectivity index (χ1n) is 14.0. The van der Waals surface area contributed by atoms with Crippen LogP contribution in [0.25, 0.3) is 0 Å². The van der Waals surface area contributed by atoms with E-state index in [2.05, 4.69) is 22.8 Å². The van der Waals surface area contributed by atoms with Crippen molar-refractivity contribution in [3.05, 3.63) is 48.0 Å². The third-order valence-corrected chi connectivity index (χ3v) is 8.34. The molecule has 0 saturated carbocycles. The van der Waals surface area contributed by atoms with Crippen molar-refractivity contribution in [3.8, 4) is 0 Å². The van der Waals surface area contributed by atoms with Gasteiger partial charge in [0, 0.05) is 51.1 Å². The molecule has 39 heavy (non-hydrogen) atoms. The summed E-state index contributed by atoms with van der Waals surface area (Å²) >= 11 is 0. The largest absolute Gasteiger partial charge is 0.381 e. The van der Waals surface area contributed by atoms with Gasteiger partial charge >= 0.3 is 0 Å². The number of ether oxygens (including phenoxy) is 1. The van der Waals surface area contributed by atoms with E-state index in [-0.39, 0.29) is 42.5 Å². The number of carbonyl (C=O) groups excluding carboxylic acids is 4. The lowest BCUT2D eigenvalue weighted by molar-refractivity contribution is -0.140. The van der Waals surface area contributed by atoms with Crippen LogP contribution in [0.1, 0.15) is 50.5 Å². The van der Waals surface area contributed by atoms with Crippen molar-refractivity contribution in [3.63, 3.8) is 0 Å². The molecule has 4 atom stereocenters. The van der Waals surface area contributed by atoms with E-state index < -0.39 is 23.4 Å². The Morgan fingerprint density at radius 1 is 1.10 bits per heavy atom. The van der Waals surface area contributed by atoms with Crippen molar-refractivity contribution >= 4 is 23.6 Å². The predicted molar refractivity (Wildman–Crippen MR) is 146 cm³/mol. The van der Waals surface area contributed by atoms with Crippen LogP contribution in [-0.4, -0.2) is 73.0 Å². The second-order valence-corrected chi connectivity index (χ2v) is 11.1. The van der Waals surface area contributed by atoms with Gasteiger partial charge in [-0.05, 0) is 44.1 Å². The third kappa shape index (κ3) is 7.45. The molecule has 4 rings (SSSR count). The Morgan fingerprint density at radius 2 is 1.85 bits per heavy atom. The molecule has 0 bridgehead atoms. The van der Waals surface area contributed by atoms with Gasteiger partial charge in [-0.15, -0.1) is 0 Å². The minimum Gasteiger partial charge on any atom is -0.381 e. The molecular weight excluding hydrogens is 498 g/mol. The number of rotatable bonds is 6. The number of nitrogens with one attached hydrogen (secondary N) is 2. The molecule has 0 aliphatic carbocycles. The summed E-state index contributed by atoms with van der Waals surface area (Å²) in [5.74, 6) is -1.01. The average Bonchev–Trinajstić information content (AvgIpc) is 2.94. The van der Waals surface area contributed by atoms with Crippen LogP contribution in [0.4, 0.5) is 0 Å². The number of fused-ring (bicyclic) bond motifs is 1. The summed E-state index contributed by atoms with van der Waals surface area (Å²) in [6.07, 6.45) is 7.79. The first-order valence-corrected chi connectivity index (χ1v) is 14.0. The van der Waals surface area contributed by atoms with E-state index in [1.54, 1.807) is 4.90 Å². The summed E-state index contributed by atoms with van der Waals surface area (Å²) in [6.45, 7) is 1.92. The van der Waals surface area contributed by atoms with E-state index in [1.807, 2.05) is 30.3 Å². The van der Waals surface area contributed by atoms with Crippen molar-refractivity contribution in [2.75, 3.05) is 26.3 Å². The fourth-order valence-corrected chi connectivity index (χ4v) is 5.84. The van der Waals surface area contributed by atoms with Crippen LogP contribution in [0.5, 0.6) is 0 Å². The number of benzene rings is 1. The first kappa shape index (κ1) is 28.8. The lowest BCUT2D eigenvalue weighted by Crippen LogP contribution is -2.59. The van der Waals surface area contributed by atoms with Gasteiger partial charge in [-0.1, -0.05) is 42.5 Å². The van der Waals surface area contributed by atoms with Crippen molar-refractivity contribution < 1.29 is 23.9 Å². The topological polar surface area (TPSA) is 157 Å². The number of likely N-dealkylation sites (tertiary alicyclic amines) is 1. The minimum absolute atomic E-state index is 0.00983. The smallest absolute Gasteiger partial charge is 0.243 e. The molecule has 4 amide bonds. The highest BCUT2D eigenvalue weighted by atomic mass is 16.5. The zero-order chi connectivity index (χ0) is 27.8. The Kier molecular flexibility index (Phi) is 9.74. The van der Waals surface area contributed by atoms with E-state index in [0.29, 0.717) is 64.8 Å². The van der Waals surface area contributed by atoms with Crippen LogP contribution in [0.15, 0.2) is 42.5 Å². The molecule has 2 saturated heterocycles. The fourth-order valence-electron chi connectivity index (χ4n) is 5.84. The molecule has 212 valence electrons. The maximum absolute atomic E-state index is 13.7. The lowest BCUT2D eigenvalue weighted by atomic mass is 9.75. The number of allylic oxidation sites excluding steroid dienone is 2. The highest BCUT2D eigenvalue weighted by Crippen LogP contribution is 2.36. The predicted octanol–water partition coefficient (Wildman–Crippen LogP) is 0.787. The Hall–Kier alpha value is -3.24. The number of nitrogens with zero attached hydrogens (tertiary/aromatic N) is 1. The summed E-state index contributed by atoms with van der Waals surface area (Å²) in [5, 5.41) is 6.30. The number of primary amides is 1. The van der Waals surface area contributed by atoms with Crippen LogP contribution >= 0.6 is 0 Å². The van der Waals surface area contributed by atoms with Gasteiger partial charge in [0.15, 0.2) is 0 Å². The number of hydrogen-bond acceptors (Lipinski definition) is 6. The Bertz CT molecular complexity index is 1060. The van der Waals surface area contributed by atoms with Crippen LogP contribution in [0, 0.1) is 11.3 Å². The third-order valence-electron chi connectivity index (χ3n) is 8.34. The molecule has 2 fully saturated rings. The number of piperidine rings is 1. The fraction of sp³-hybridized carbons (Fsp3) is 0.586. The van der Waals surface area contributed by atoms with Gasteiger partial charge in [0.05, 0.1) is 11.5 Å². The van der Waals surface area contributed by atoms with E-state index in [9.17, 15) is 19.2 Å². The average molecular weight is 540 g/mol. The number of hydrogen-bond donors (Lipinski definition) is 4. The summed E-state index contributed by atoms with van der Waals surface area (Å²) in [7, 11) is 0. The number of nitrogens with two attached hydrogens (primary N) is 2. The summed E-state index contributed by atoms with van der Waals surface area (Å²) < 4.78 is 5.56. The van der Waals surface area contributed by atoms with Crippen LogP contribution in [-0.2, 0) is 30.3 Å². The molecule has 1 aromatic rings. The molecule has 1 spiro atoms. The zero-order valence-electron chi connectivity index (χ0n) is 22.5. The molecule has 3 aliphatic heterocycles. The molecular formula is C29H41N5O5. The summed E-state index contributed by atoms with van der Waals surface area (Å²) in [4.78, 5) is 53.2. The van der Waals surface area contributed by atoms with Crippen molar-refractivity contribution in [2.45, 2.75) is 69.5 Å². The molecule has 6 N–H and O–H groups in total. The maximum atomic E-state index is 13.7.